The Morgan fingerprint density at radius 3 is 2.58 bits per heavy atom. The second-order valence-corrected chi connectivity index (χ2v) is 5.25. The van der Waals surface area contributed by atoms with E-state index in [2.05, 4.69) is 36.3 Å². The number of ether oxygens (including phenoxy) is 1. The van der Waals surface area contributed by atoms with Gasteiger partial charge in [-0.1, -0.05) is 13.8 Å². The van der Waals surface area contributed by atoms with E-state index in [1.165, 1.54) is 0 Å². The van der Waals surface area contributed by atoms with Crippen LogP contribution in [-0.4, -0.2) is 57.3 Å². The van der Waals surface area contributed by atoms with Crippen molar-refractivity contribution in [2.24, 2.45) is 4.99 Å². The summed E-state index contributed by atoms with van der Waals surface area (Å²) in [5.74, 6) is 1.81. The number of methoxy groups -OCH3 is 1. The van der Waals surface area contributed by atoms with Gasteiger partial charge in [0.05, 0.1) is 18.8 Å². The molecule has 0 aliphatic heterocycles. The fraction of sp³-hybridized carbons (Fsp3) is 0.706. The van der Waals surface area contributed by atoms with E-state index in [-0.39, 0.29) is 30.0 Å². The lowest BCUT2D eigenvalue weighted by molar-refractivity contribution is 0.195. The largest absolute Gasteiger partial charge is 0.468 e. The normalized spacial score (nSPS) is 12.8. The molecule has 0 spiro atoms. The topological polar surface area (TPSA) is 62.0 Å². The fourth-order valence-electron chi connectivity index (χ4n) is 2.47. The summed E-state index contributed by atoms with van der Waals surface area (Å²) in [6, 6.07) is 4.12. The molecule has 7 heteroatoms. The van der Waals surface area contributed by atoms with Crippen LogP contribution in [0.3, 0.4) is 0 Å². The van der Waals surface area contributed by atoms with Crippen LogP contribution in [0, 0.1) is 0 Å². The molecule has 1 aromatic rings. The number of guanidine groups is 1. The summed E-state index contributed by atoms with van der Waals surface area (Å²) in [7, 11) is 1.72. The first-order valence-electron chi connectivity index (χ1n) is 8.55. The van der Waals surface area contributed by atoms with Crippen molar-refractivity contribution in [1.29, 1.82) is 0 Å². The van der Waals surface area contributed by atoms with Crippen LogP contribution in [0.15, 0.2) is 27.8 Å². The molecule has 140 valence electrons. The Bertz CT molecular complexity index is 422. The number of likely N-dealkylation sites (N-methyl/N-ethyl adjacent to an activating group) is 1. The van der Waals surface area contributed by atoms with Gasteiger partial charge >= 0.3 is 0 Å². The maximum Gasteiger partial charge on any atom is 0.191 e. The van der Waals surface area contributed by atoms with Gasteiger partial charge in [-0.3, -0.25) is 9.89 Å². The number of aliphatic imine (C=N–C) groups is 1. The number of rotatable bonds is 11. The maximum atomic E-state index is 5.62. The highest BCUT2D eigenvalue weighted by Gasteiger charge is 2.20. The summed E-state index contributed by atoms with van der Waals surface area (Å²) in [6.07, 6.45) is 2.68. The number of nitrogens with one attached hydrogen (secondary N) is 2. The van der Waals surface area contributed by atoms with E-state index in [1.54, 1.807) is 13.4 Å². The Balaban J connectivity index is 0.00000529. The second-order valence-electron chi connectivity index (χ2n) is 5.25. The summed E-state index contributed by atoms with van der Waals surface area (Å²) in [5, 5.41) is 6.62. The molecule has 0 fully saturated rings. The third-order valence-corrected chi connectivity index (χ3v) is 3.71. The number of furan rings is 1. The lowest BCUT2D eigenvalue weighted by atomic mass is 10.2. The summed E-state index contributed by atoms with van der Waals surface area (Å²) in [6.45, 7) is 11.4. The molecule has 0 amide bonds. The number of halogens is 1. The van der Waals surface area contributed by atoms with Crippen LogP contribution >= 0.6 is 24.0 Å². The Morgan fingerprint density at radius 1 is 1.29 bits per heavy atom. The molecule has 0 aliphatic carbocycles. The van der Waals surface area contributed by atoms with Crippen molar-refractivity contribution < 1.29 is 9.15 Å². The van der Waals surface area contributed by atoms with E-state index in [0.29, 0.717) is 6.54 Å². The summed E-state index contributed by atoms with van der Waals surface area (Å²) >= 11 is 0. The lowest BCUT2D eigenvalue weighted by Gasteiger charge is -2.27. The van der Waals surface area contributed by atoms with Crippen molar-refractivity contribution in [3.8, 4) is 0 Å². The van der Waals surface area contributed by atoms with E-state index in [0.717, 1.165) is 50.9 Å². The molecule has 1 aromatic heterocycles. The zero-order chi connectivity index (χ0) is 16.9. The highest BCUT2D eigenvalue weighted by atomic mass is 127. The fourth-order valence-corrected chi connectivity index (χ4v) is 2.47. The van der Waals surface area contributed by atoms with Crippen LogP contribution in [-0.2, 0) is 4.74 Å². The van der Waals surface area contributed by atoms with Gasteiger partial charge in [0.2, 0.25) is 0 Å². The molecular formula is C17H33IN4O2. The smallest absolute Gasteiger partial charge is 0.191 e. The van der Waals surface area contributed by atoms with Crippen LogP contribution < -0.4 is 10.6 Å². The maximum absolute atomic E-state index is 5.62. The minimum absolute atomic E-state index is 0. The van der Waals surface area contributed by atoms with Gasteiger partial charge in [0.1, 0.15) is 5.76 Å². The SMILES string of the molecule is CCNC(=NCC(c1ccco1)N(CC)CC)NCCCOC.I. The molecule has 0 saturated heterocycles. The molecular weight excluding hydrogens is 419 g/mol. The van der Waals surface area contributed by atoms with Crippen molar-refractivity contribution in [3.05, 3.63) is 24.2 Å². The van der Waals surface area contributed by atoms with Crippen molar-refractivity contribution in [3.63, 3.8) is 0 Å². The molecule has 0 saturated carbocycles. The van der Waals surface area contributed by atoms with E-state index in [4.69, 9.17) is 14.1 Å². The average molecular weight is 452 g/mol. The lowest BCUT2D eigenvalue weighted by Crippen LogP contribution is -2.39. The first-order valence-corrected chi connectivity index (χ1v) is 8.55. The van der Waals surface area contributed by atoms with E-state index in [9.17, 15) is 0 Å². The van der Waals surface area contributed by atoms with Crippen LogP contribution in [0.25, 0.3) is 0 Å². The molecule has 0 aliphatic rings. The summed E-state index contributed by atoms with van der Waals surface area (Å²) in [4.78, 5) is 7.09. The number of hydrogen-bond acceptors (Lipinski definition) is 4. The molecule has 1 heterocycles. The highest BCUT2D eigenvalue weighted by molar-refractivity contribution is 14.0. The predicted molar refractivity (Wildman–Crippen MR) is 110 cm³/mol. The summed E-state index contributed by atoms with van der Waals surface area (Å²) < 4.78 is 10.7. The second kappa shape index (κ2) is 14.5. The first-order chi connectivity index (χ1) is 11.3. The summed E-state index contributed by atoms with van der Waals surface area (Å²) in [5.41, 5.74) is 0. The van der Waals surface area contributed by atoms with Gasteiger partial charge in [-0.2, -0.15) is 0 Å². The van der Waals surface area contributed by atoms with Gasteiger partial charge in [0.25, 0.3) is 0 Å². The Morgan fingerprint density at radius 2 is 2.04 bits per heavy atom. The number of nitrogens with zero attached hydrogens (tertiary/aromatic N) is 2. The van der Waals surface area contributed by atoms with Crippen molar-refractivity contribution in [2.75, 3.05) is 46.4 Å². The quantitative estimate of drug-likeness (QED) is 0.234. The molecule has 1 rings (SSSR count). The molecule has 0 bridgehead atoms. The van der Waals surface area contributed by atoms with Gasteiger partial charge in [-0.15, -0.1) is 24.0 Å². The zero-order valence-electron chi connectivity index (χ0n) is 15.4. The van der Waals surface area contributed by atoms with E-state index in [1.807, 2.05) is 12.1 Å². The Kier molecular flexibility index (Phi) is 14.1. The molecule has 1 atom stereocenters. The molecule has 0 radical (unpaired) electrons. The third kappa shape index (κ3) is 8.34. The van der Waals surface area contributed by atoms with Gasteiger partial charge in [0.15, 0.2) is 5.96 Å². The monoisotopic (exact) mass is 452 g/mol. The van der Waals surface area contributed by atoms with E-state index >= 15 is 0 Å². The van der Waals surface area contributed by atoms with Crippen LogP contribution in [0.4, 0.5) is 0 Å². The third-order valence-electron chi connectivity index (χ3n) is 3.71. The van der Waals surface area contributed by atoms with Gasteiger partial charge < -0.3 is 19.8 Å². The average Bonchev–Trinajstić information content (AvgIpc) is 3.09. The van der Waals surface area contributed by atoms with Crippen molar-refractivity contribution in [2.45, 2.75) is 33.2 Å². The highest BCUT2D eigenvalue weighted by Crippen LogP contribution is 2.21. The predicted octanol–water partition coefficient (Wildman–Crippen LogP) is 2.87. The Labute approximate surface area is 163 Å². The minimum atomic E-state index is 0. The van der Waals surface area contributed by atoms with E-state index < -0.39 is 0 Å². The van der Waals surface area contributed by atoms with Crippen LogP contribution in [0.2, 0.25) is 0 Å². The molecule has 2 N–H and O–H groups in total. The minimum Gasteiger partial charge on any atom is -0.468 e. The van der Waals surface area contributed by atoms with Crippen LogP contribution in [0.1, 0.15) is 39.0 Å². The zero-order valence-corrected chi connectivity index (χ0v) is 17.7. The molecule has 24 heavy (non-hydrogen) atoms. The van der Waals surface area contributed by atoms with Gasteiger partial charge in [0, 0.05) is 26.8 Å². The Hall–Kier alpha value is -0.800. The molecule has 6 nitrogen and oxygen atoms in total. The molecule has 1 unspecified atom stereocenters. The van der Waals surface area contributed by atoms with Crippen molar-refractivity contribution >= 4 is 29.9 Å². The van der Waals surface area contributed by atoms with Crippen LogP contribution in [0.5, 0.6) is 0 Å². The van der Waals surface area contributed by atoms with Gasteiger partial charge in [-0.05, 0) is 38.6 Å². The van der Waals surface area contributed by atoms with Gasteiger partial charge in [-0.25, -0.2) is 0 Å². The van der Waals surface area contributed by atoms with Crippen molar-refractivity contribution in [1.82, 2.24) is 15.5 Å². The molecule has 0 aromatic carbocycles. The standard InChI is InChI=1S/C17H32N4O2.HI/c1-5-18-17(19-11-9-12-22-4)20-14-15(21(6-2)7-3)16-10-8-13-23-16;/h8,10,13,15H,5-7,9,11-12,14H2,1-4H3,(H2,18,19,20);1H. The number of hydrogen-bond donors (Lipinski definition) is 2. The first kappa shape index (κ1) is 23.2.